The van der Waals surface area contributed by atoms with Crippen molar-refractivity contribution in [3.8, 4) is 0 Å². The second-order valence-corrected chi connectivity index (χ2v) is 4.39. The van der Waals surface area contributed by atoms with Crippen LogP contribution in [-0.4, -0.2) is 16.0 Å². The molecule has 0 saturated carbocycles. The zero-order chi connectivity index (χ0) is 12.6. The molecule has 0 spiro atoms. The van der Waals surface area contributed by atoms with Gasteiger partial charge in [-0.1, -0.05) is 6.07 Å². The van der Waals surface area contributed by atoms with Gasteiger partial charge in [0.2, 0.25) is 0 Å². The monoisotopic (exact) mass is 235 g/mol. The molecular weight excluding hydrogens is 222 g/mol. The van der Waals surface area contributed by atoms with Gasteiger partial charge in [0.15, 0.2) is 0 Å². The fourth-order valence-electron chi connectivity index (χ4n) is 2.42. The predicted octanol–water partition coefficient (Wildman–Crippen LogP) is 2.09. The molecule has 1 aromatic rings. The summed E-state index contributed by atoms with van der Waals surface area (Å²) in [6.07, 6.45) is 1.44. The van der Waals surface area contributed by atoms with Crippen LogP contribution in [0.15, 0.2) is 12.1 Å². The summed E-state index contributed by atoms with van der Waals surface area (Å²) in [5.74, 6) is -1.37. The third-order valence-electron chi connectivity index (χ3n) is 3.38. The van der Waals surface area contributed by atoms with Gasteiger partial charge in [-0.2, -0.15) is 0 Å². The van der Waals surface area contributed by atoms with Gasteiger partial charge < -0.3 is 5.11 Å². The van der Waals surface area contributed by atoms with Crippen molar-refractivity contribution in [1.82, 2.24) is 0 Å². The van der Waals surface area contributed by atoms with Gasteiger partial charge in [-0.25, -0.2) is 0 Å². The van der Waals surface area contributed by atoms with Crippen LogP contribution < -0.4 is 0 Å². The highest BCUT2D eigenvalue weighted by Gasteiger charge is 2.30. The summed E-state index contributed by atoms with van der Waals surface area (Å²) in [6, 6.07) is 3.20. The number of carboxylic acid groups (broad SMARTS) is 1. The number of carbonyl (C=O) groups is 1. The van der Waals surface area contributed by atoms with Crippen LogP contribution in [0, 0.1) is 23.0 Å². The lowest BCUT2D eigenvalue weighted by Gasteiger charge is -2.22. The van der Waals surface area contributed by atoms with Crippen molar-refractivity contribution in [2.75, 3.05) is 0 Å². The Kier molecular flexibility index (Phi) is 2.83. The smallest absolute Gasteiger partial charge is 0.306 e. The van der Waals surface area contributed by atoms with E-state index in [2.05, 4.69) is 0 Å². The van der Waals surface area contributed by atoms with Crippen molar-refractivity contribution < 1.29 is 14.8 Å². The fourth-order valence-corrected chi connectivity index (χ4v) is 2.42. The summed E-state index contributed by atoms with van der Waals surface area (Å²) in [5.41, 5.74) is 2.62. The highest BCUT2D eigenvalue weighted by atomic mass is 16.6. The Labute approximate surface area is 98.2 Å². The van der Waals surface area contributed by atoms with Gasteiger partial charge in [0.1, 0.15) is 0 Å². The number of hydrogen-bond acceptors (Lipinski definition) is 3. The quantitative estimate of drug-likeness (QED) is 0.628. The molecular formula is C12H13NO4. The molecule has 17 heavy (non-hydrogen) atoms. The molecule has 1 aliphatic carbocycles. The lowest BCUT2D eigenvalue weighted by atomic mass is 9.81. The summed E-state index contributed by atoms with van der Waals surface area (Å²) in [4.78, 5) is 21.5. The number of nitro groups is 1. The van der Waals surface area contributed by atoms with Crippen LogP contribution in [0.2, 0.25) is 0 Å². The first kappa shape index (κ1) is 11.6. The average Bonchev–Trinajstić information content (AvgIpc) is 2.28. The van der Waals surface area contributed by atoms with Gasteiger partial charge in [0.25, 0.3) is 5.69 Å². The Bertz CT molecular complexity index is 496. The minimum absolute atomic E-state index is 0.0524. The van der Waals surface area contributed by atoms with E-state index < -0.39 is 16.8 Å². The van der Waals surface area contributed by atoms with Crippen LogP contribution in [0.4, 0.5) is 5.69 Å². The van der Waals surface area contributed by atoms with Gasteiger partial charge >= 0.3 is 5.97 Å². The standard InChI is InChI=1S/C12H13NO4/c1-7-2-5-11(13(16)17)10-6-8(12(14)15)3-4-9(7)10/h2,5,8H,3-4,6H2,1H3,(H,14,15). The molecule has 0 aliphatic heterocycles. The van der Waals surface area contributed by atoms with E-state index in [0.29, 0.717) is 18.4 Å². The van der Waals surface area contributed by atoms with E-state index in [9.17, 15) is 14.9 Å². The number of rotatable bonds is 2. The lowest BCUT2D eigenvalue weighted by molar-refractivity contribution is -0.385. The van der Waals surface area contributed by atoms with E-state index in [1.165, 1.54) is 6.07 Å². The summed E-state index contributed by atoms with van der Waals surface area (Å²) in [6.45, 7) is 1.91. The van der Waals surface area contributed by atoms with E-state index in [-0.39, 0.29) is 12.1 Å². The first-order valence-corrected chi connectivity index (χ1v) is 5.49. The van der Waals surface area contributed by atoms with Crippen molar-refractivity contribution in [2.24, 2.45) is 5.92 Å². The Hall–Kier alpha value is -1.91. The van der Waals surface area contributed by atoms with Crippen LogP contribution in [-0.2, 0) is 17.6 Å². The molecule has 1 unspecified atom stereocenters. The van der Waals surface area contributed by atoms with Crippen LogP contribution in [0.3, 0.4) is 0 Å². The SMILES string of the molecule is Cc1ccc([N+](=O)[O-])c2c1CCC(C(=O)O)C2. The van der Waals surface area contributed by atoms with Crippen molar-refractivity contribution in [3.63, 3.8) is 0 Å². The molecule has 1 atom stereocenters. The maximum absolute atomic E-state index is 11.0. The minimum atomic E-state index is -0.869. The minimum Gasteiger partial charge on any atom is -0.481 e. The summed E-state index contributed by atoms with van der Waals surface area (Å²) in [5, 5.41) is 19.9. The maximum atomic E-state index is 11.0. The maximum Gasteiger partial charge on any atom is 0.306 e. The first-order valence-electron chi connectivity index (χ1n) is 5.49. The van der Waals surface area contributed by atoms with E-state index >= 15 is 0 Å². The molecule has 1 N–H and O–H groups in total. The number of benzene rings is 1. The van der Waals surface area contributed by atoms with E-state index in [4.69, 9.17) is 5.11 Å². The Morgan fingerprint density at radius 1 is 1.47 bits per heavy atom. The highest BCUT2D eigenvalue weighted by molar-refractivity contribution is 5.71. The molecule has 0 bridgehead atoms. The number of aryl methyl sites for hydroxylation is 1. The van der Waals surface area contributed by atoms with Crippen molar-refractivity contribution >= 4 is 11.7 Å². The third-order valence-corrected chi connectivity index (χ3v) is 3.38. The van der Waals surface area contributed by atoms with E-state index in [1.807, 2.05) is 6.92 Å². The molecule has 1 aromatic carbocycles. The number of nitro benzene ring substituents is 1. The Morgan fingerprint density at radius 2 is 2.18 bits per heavy atom. The molecule has 1 aliphatic rings. The number of nitrogens with zero attached hydrogens (tertiary/aromatic N) is 1. The van der Waals surface area contributed by atoms with Crippen molar-refractivity contribution in [3.05, 3.63) is 38.9 Å². The highest BCUT2D eigenvalue weighted by Crippen LogP contribution is 2.34. The third kappa shape index (κ3) is 2.00. The average molecular weight is 235 g/mol. The molecule has 0 saturated heterocycles. The Morgan fingerprint density at radius 3 is 2.76 bits per heavy atom. The summed E-state index contributed by atoms with van der Waals surface area (Å²) in [7, 11) is 0. The topological polar surface area (TPSA) is 80.4 Å². The summed E-state index contributed by atoms with van der Waals surface area (Å²) >= 11 is 0. The first-order chi connectivity index (χ1) is 8.00. The number of hydrogen-bond donors (Lipinski definition) is 1. The molecule has 0 radical (unpaired) electrons. The van der Waals surface area contributed by atoms with E-state index in [0.717, 1.165) is 11.1 Å². The second kappa shape index (κ2) is 4.16. The molecule has 0 aromatic heterocycles. The molecule has 0 heterocycles. The van der Waals surface area contributed by atoms with Gasteiger partial charge in [0, 0.05) is 11.6 Å². The van der Waals surface area contributed by atoms with Gasteiger partial charge in [-0.3, -0.25) is 14.9 Å². The largest absolute Gasteiger partial charge is 0.481 e. The molecule has 5 heteroatoms. The predicted molar refractivity (Wildman–Crippen MR) is 61.0 cm³/mol. The molecule has 90 valence electrons. The molecule has 0 amide bonds. The van der Waals surface area contributed by atoms with E-state index in [1.54, 1.807) is 6.07 Å². The van der Waals surface area contributed by atoms with Crippen molar-refractivity contribution in [2.45, 2.75) is 26.2 Å². The second-order valence-electron chi connectivity index (χ2n) is 4.39. The van der Waals surface area contributed by atoms with Crippen LogP contribution in [0.5, 0.6) is 0 Å². The molecule has 5 nitrogen and oxygen atoms in total. The van der Waals surface area contributed by atoms with Crippen molar-refractivity contribution in [1.29, 1.82) is 0 Å². The normalized spacial score (nSPS) is 18.5. The molecule has 2 rings (SSSR count). The number of aliphatic carboxylic acids is 1. The number of carboxylic acids is 1. The summed E-state index contributed by atoms with van der Waals surface area (Å²) < 4.78 is 0. The fraction of sp³-hybridized carbons (Fsp3) is 0.417. The Balaban J connectivity index is 2.49. The van der Waals surface area contributed by atoms with Gasteiger partial charge in [-0.05, 0) is 37.3 Å². The lowest BCUT2D eigenvalue weighted by Crippen LogP contribution is -2.23. The van der Waals surface area contributed by atoms with Crippen LogP contribution in [0.25, 0.3) is 0 Å². The number of fused-ring (bicyclic) bond motifs is 1. The molecule has 0 fully saturated rings. The van der Waals surface area contributed by atoms with Gasteiger partial charge in [-0.15, -0.1) is 0 Å². The van der Waals surface area contributed by atoms with Crippen LogP contribution in [0.1, 0.15) is 23.1 Å². The van der Waals surface area contributed by atoms with Gasteiger partial charge in [0.05, 0.1) is 10.8 Å². The van der Waals surface area contributed by atoms with Crippen LogP contribution >= 0.6 is 0 Å². The zero-order valence-electron chi connectivity index (χ0n) is 9.47. The zero-order valence-corrected chi connectivity index (χ0v) is 9.47.